The van der Waals surface area contributed by atoms with Crippen LogP contribution in [0.5, 0.6) is 0 Å². The SMILES string of the molecule is CCc1nn(CC)c(Cn2cc(CN)cn2)c1Cl. The first-order chi connectivity index (χ1) is 8.69. The Kier molecular flexibility index (Phi) is 4.04. The largest absolute Gasteiger partial charge is 0.326 e. The maximum atomic E-state index is 6.35. The molecule has 0 unspecified atom stereocenters. The molecule has 5 nitrogen and oxygen atoms in total. The molecule has 0 aromatic carbocycles. The van der Waals surface area contributed by atoms with Crippen molar-refractivity contribution in [2.24, 2.45) is 5.73 Å². The molecule has 2 N–H and O–H groups in total. The molecule has 0 saturated carbocycles. The first-order valence-corrected chi connectivity index (χ1v) is 6.52. The number of nitrogens with two attached hydrogens (primary N) is 1. The van der Waals surface area contributed by atoms with E-state index in [4.69, 9.17) is 17.3 Å². The Hall–Kier alpha value is -1.33. The van der Waals surface area contributed by atoms with Crippen molar-refractivity contribution in [1.82, 2.24) is 19.6 Å². The molecule has 0 aliphatic carbocycles. The second-order valence-corrected chi connectivity index (χ2v) is 4.50. The van der Waals surface area contributed by atoms with E-state index < -0.39 is 0 Å². The van der Waals surface area contributed by atoms with Gasteiger partial charge in [0.25, 0.3) is 0 Å². The smallest absolute Gasteiger partial charge is 0.0869 e. The van der Waals surface area contributed by atoms with Gasteiger partial charge in [0.2, 0.25) is 0 Å². The molecule has 0 spiro atoms. The molecule has 18 heavy (non-hydrogen) atoms. The van der Waals surface area contributed by atoms with E-state index in [9.17, 15) is 0 Å². The number of nitrogens with zero attached hydrogens (tertiary/aromatic N) is 4. The van der Waals surface area contributed by atoms with Gasteiger partial charge in [0.15, 0.2) is 0 Å². The number of hydrogen-bond acceptors (Lipinski definition) is 3. The molecule has 6 heteroatoms. The Labute approximate surface area is 112 Å². The molecule has 0 atom stereocenters. The number of aromatic nitrogens is 4. The summed E-state index contributed by atoms with van der Waals surface area (Å²) in [4.78, 5) is 0. The molecule has 0 fully saturated rings. The van der Waals surface area contributed by atoms with Crippen LogP contribution in [0.4, 0.5) is 0 Å². The van der Waals surface area contributed by atoms with Crippen LogP contribution in [0.15, 0.2) is 12.4 Å². The quantitative estimate of drug-likeness (QED) is 0.899. The zero-order valence-corrected chi connectivity index (χ0v) is 11.5. The molecule has 0 amide bonds. The molecule has 0 saturated heterocycles. The average molecular weight is 268 g/mol. The summed E-state index contributed by atoms with van der Waals surface area (Å²) < 4.78 is 3.78. The van der Waals surface area contributed by atoms with E-state index in [2.05, 4.69) is 24.0 Å². The lowest BCUT2D eigenvalue weighted by Gasteiger charge is -2.05. The zero-order valence-electron chi connectivity index (χ0n) is 10.7. The van der Waals surface area contributed by atoms with Gasteiger partial charge in [-0.2, -0.15) is 10.2 Å². The van der Waals surface area contributed by atoms with E-state index >= 15 is 0 Å². The van der Waals surface area contributed by atoms with Crippen LogP contribution in [-0.2, 0) is 26.1 Å². The van der Waals surface area contributed by atoms with Gasteiger partial charge in [-0.15, -0.1) is 0 Å². The van der Waals surface area contributed by atoms with E-state index in [0.717, 1.165) is 34.9 Å². The maximum absolute atomic E-state index is 6.35. The Morgan fingerprint density at radius 1 is 1.39 bits per heavy atom. The Balaban J connectivity index is 2.29. The van der Waals surface area contributed by atoms with E-state index in [-0.39, 0.29) is 0 Å². The van der Waals surface area contributed by atoms with Gasteiger partial charge >= 0.3 is 0 Å². The lowest BCUT2D eigenvalue weighted by Crippen LogP contribution is -2.08. The van der Waals surface area contributed by atoms with Crippen molar-refractivity contribution >= 4 is 11.6 Å². The van der Waals surface area contributed by atoms with Crippen LogP contribution in [0.2, 0.25) is 5.02 Å². The third kappa shape index (κ3) is 2.42. The van der Waals surface area contributed by atoms with Crippen LogP contribution >= 0.6 is 11.6 Å². The first kappa shape index (κ1) is 13.1. The molecule has 0 aliphatic rings. The summed E-state index contributed by atoms with van der Waals surface area (Å²) in [6, 6.07) is 0. The van der Waals surface area contributed by atoms with E-state index in [1.165, 1.54) is 0 Å². The fourth-order valence-electron chi connectivity index (χ4n) is 1.92. The van der Waals surface area contributed by atoms with Crippen molar-refractivity contribution < 1.29 is 0 Å². The summed E-state index contributed by atoms with van der Waals surface area (Å²) in [5.41, 5.74) is 8.54. The summed E-state index contributed by atoms with van der Waals surface area (Å²) in [7, 11) is 0. The molecule has 0 aliphatic heterocycles. The normalized spacial score (nSPS) is 11.1. The zero-order chi connectivity index (χ0) is 13.1. The average Bonchev–Trinajstić information content (AvgIpc) is 2.96. The van der Waals surface area contributed by atoms with E-state index in [1.54, 1.807) is 6.20 Å². The highest BCUT2D eigenvalue weighted by molar-refractivity contribution is 6.31. The lowest BCUT2D eigenvalue weighted by molar-refractivity contribution is 0.573. The maximum Gasteiger partial charge on any atom is 0.0869 e. The predicted octanol–water partition coefficient (Wildman–Crippen LogP) is 1.82. The van der Waals surface area contributed by atoms with Crippen LogP contribution in [-0.4, -0.2) is 19.6 Å². The molecule has 98 valence electrons. The summed E-state index contributed by atoms with van der Waals surface area (Å²) in [5.74, 6) is 0. The lowest BCUT2D eigenvalue weighted by atomic mass is 10.3. The third-order valence-corrected chi connectivity index (χ3v) is 3.36. The Morgan fingerprint density at radius 3 is 2.72 bits per heavy atom. The van der Waals surface area contributed by atoms with E-state index in [0.29, 0.717) is 13.1 Å². The summed E-state index contributed by atoms with van der Waals surface area (Å²) in [5, 5.41) is 9.51. The van der Waals surface area contributed by atoms with Gasteiger partial charge in [-0.3, -0.25) is 9.36 Å². The standard InChI is InChI=1S/C12H18ClN5/c1-3-10-12(13)11(18(4-2)16-10)8-17-7-9(5-14)6-15-17/h6-7H,3-5,8,14H2,1-2H3. The van der Waals surface area contributed by atoms with Gasteiger partial charge in [-0.25, -0.2) is 0 Å². The Morgan fingerprint density at radius 2 is 2.17 bits per heavy atom. The minimum absolute atomic E-state index is 0.501. The minimum atomic E-state index is 0.501. The second-order valence-electron chi connectivity index (χ2n) is 4.13. The monoisotopic (exact) mass is 267 g/mol. The van der Waals surface area contributed by atoms with Gasteiger partial charge in [-0.1, -0.05) is 18.5 Å². The highest BCUT2D eigenvalue weighted by Crippen LogP contribution is 2.22. The molecule has 2 heterocycles. The van der Waals surface area contributed by atoms with Crippen LogP contribution in [0.1, 0.15) is 30.8 Å². The second kappa shape index (κ2) is 5.54. The van der Waals surface area contributed by atoms with E-state index in [1.807, 2.05) is 15.6 Å². The third-order valence-electron chi connectivity index (χ3n) is 2.93. The molecular weight excluding hydrogens is 250 g/mol. The summed E-state index contributed by atoms with van der Waals surface area (Å²) in [6.45, 7) is 6.04. The fraction of sp³-hybridized carbons (Fsp3) is 0.500. The van der Waals surface area contributed by atoms with Crippen molar-refractivity contribution in [3.63, 3.8) is 0 Å². The molecule has 2 rings (SSSR count). The summed E-state index contributed by atoms with van der Waals surface area (Å²) >= 11 is 6.35. The first-order valence-electron chi connectivity index (χ1n) is 6.15. The van der Waals surface area contributed by atoms with Gasteiger partial charge in [0.05, 0.1) is 29.2 Å². The molecule has 0 radical (unpaired) electrons. The molecule has 2 aromatic heterocycles. The van der Waals surface area contributed by atoms with Crippen LogP contribution in [0.3, 0.4) is 0 Å². The van der Waals surface area contributed by atoms with Gasteiger partial charge in [-0.05, 0) is 13.3 Å². The van der Waals surface area contributed by atoms with Crippen LogP contribution in [0, 0.1) is 0 Å². The molecule has 0 bridgehead atoms. The molecule has 2 aromatic rings. The Bertz CT molecular complexity index is 529. The molecular formula is C12H18ClN5. The van der Waals surface area contributed by atoms with Gasteiger partial charge in [0, 0.05) is 24.8 Å². The van der Waals surface area contributed by atoms with Gasteiger partial charge < -0.3 is 5.73 Å². The van der Waals surface area contributed by atoms with Crippen molar-refractivity contribution in [3.8, 4) is 0 Å². The highest BCUT2D eigenvalue weighted by atomic mass is 35.5. The van der Waals surface area contributed by atoms with Gasteiger partial charge in [0.1, 0.15) is 0 Å². The predicted molar refractivity (Wildman–Crippen MR) is 71.5 cm³/mol. The highest BCUT2D eigenvalue weighted by Gasteiger charge is 2.14. The van der Waals surface area contributed by atoms with Crippen molar-refractivity contribution in [3.05, 3.63) is 34.4 Å². The topological polar surface area (TPSA) is 61.7 Å². The minimum Gasteiger partial charge on any atom is -0.326 e. The number of halogens is 1. The summed E-state index contributed by atoms with van der Waals surface area (Å²) in [6.07, 6.45) is 4.56. The van der Waals surface area contributed by atoms with Crippen LogP contribution < -0.4 is 5.73 Å². The van der Waals surface area contributed by atoms with Crippen LogP contribution in [0.25, 0.3) is 0 Å². The van der Waals surface area contributed by atoms with Crippen molar-refractivity contribution in [2.75, 3.05) is 0 Å². The number of rotatable bonds is 5. The number of hydrogen-bond donors (Lipinski definition) is 1. The van der Waals surface area contributed by atoms with Crippen molar-refractivity contribution in [1.29, 1.82) is 0 Å². The van der Waals surface area contributed by atoms with Crippen molar-refractivity contribution in [2.45, 2.75) is 39.9 Å². The fourth-order valence-corrected chi connectivity index (χ4v) is 2.25. The number of aryl methyl sites for hydroxylation is 2.